The second-order valence-corrected chi connectivity index (χ2v) is 5.75. The van der Waals surface area contributed by atoms with Crippen molar-refractivity contribution in [3.63, 3.8) is 0 Å². The summed E-state index contributed by atoms with van der Waals surface area (Å²) in [6, 6.07) is 1.48. The molecule has 3 heteroatoms. The molecule has 2 N–H and O–H groups in total. The number of nitrogens with two attached hydrogens (primary N) is 1. The molecule has 5 unspecified atom stereocenters. The minimum Gasteiger partial charge on any atom is -0.377 e. The van der Waals surface area contributed by atoms with Gasteiger partial charge in [-0.05, 0) is 45.6 Å². The number of nitrogens with zero attached hydrogens (tertiary/aromatic N) is 1. The fourth-order valence-electron chi connectivity index (χ4n) is 3.34. The Morgan fingerprint density at radius 3 is 2.50 bits per heavy atom. The lowest BCUT2D eigenvalue weighted by Gasteiger charge is -2.42. The van der Waals surface area contributed by atoms with Crippen LogP contribution in [-0.2, 0) is 4.74 Å². The van der Waals surface area contributed by atoms with Crippen LogP contribution in [0.4, 0.5) is 0 Å². The van der Waals surface area contributed by atoms with Gasteiger partial charge in [-0.15, -0.1) is 0 Å². The number of hydrogen-bond donors (Lipinski definition) is 1. The molecule has 16 heavy (non-hydrogen) atoms. The molecule has 1 heterocycles. The molecule has 0 amide bonds. The molecule has 1 aliphatic heterocycles. The maximum Gasteiger partial charge on any atom is 0.0703 e. The Balaban J connectivity index is 1.99. The molecule has 0 spiro atoms. The van der Waals surface area contributed by atoms with E-state index in [1.807, 2.05) is 0 Å². The van der Waals surface area contributed by atoms with Crippen LogP contribution >= 0.6 is 0 Å². The predicted octanol–water partition coefficient (Wildman–Crippen LogP) is 1.61. The van der Waals surface area contributed by atoms with Crippen LogP contribution in [0.15, 0.2) is 0 Å². The Hall–Kier alpha value is -0.120. The van der Waals surface area contributed by atoms with Crippen molar-refractivity contribution in [1.29, 1.82) is 0 Å². The van der Waals surface area contributed by atoms with Crippen molar-refractivity contribution in [2.24, 2.45) is 11.7 Å². The van der Waals surface area contributed by atoms with E-state index in [2.05, 4.69) is 25.8 Å². The van der Waals surface area contributed by atoms with Gasteiger partial charge in [-0.3, -0.25) is 4.90 Å². The van der Waals surface area contributed by atoms with E-state index in [1.54, 1.807) is 0 Å². The van der Waals surface area contributed by atoms with Gasteiger partial charge in [0.25, 0.3) is 0 Å². The summed E-state index contributed by atoms with van der Waals surface area (Å²) < 4.78 is 5.66. The largest absolute Gasteiger partial charge is 0.377 e. The summed E-state index contributed by atoms with van der Waals surface area (Å²) in [6.07, 6.45) is 5.26. The topological polar surface area (TPSA) is 38.5 Å². The van der Waals surface area contributed by atoms with E-state index in [0.29, 0.717) is 24.2 Å². The van der Waals surface area contributed by atoms with Crippen molar-refractivity contribution < 1.29 is 4.74 Å². The van der Waals surface area contributed by atoms with Crippen LogP contribution in [0.1, 0.15) is 39.5 Å². The highest BCUT2D eigenvalue weighted by atomic mass is 16.5. The van der Waals surface area contributed by atoms with Gasteiger partial charge in [0.15, 0.2) is 0 Å². The molecule has 0 aromatic heterocycles. The third-order valence-corrected chi connectivity index (χ3v) is 4.51. The van der Waals surface area contributed by atoms with E-state index in [1.165, 1.54) is 19.3 Å². The van der Waals surface area contributed by atoms with Crippen LogP contribution in [0.3, 0.4) is 0 Å². The maximum atomic E-state index is 6.27. The second-order valence-electron chi connectivity index (χ2n) is 5.75. The van der Waals surface area contributed by atoms with Crippen molar-refractivity contribution in [1.82, 2.24) is 4.90 Å². The quantitative estimate of drug-likeness (QED) is 0.777. The van der Waals surface area contributed by atoms with Crippen LogP contribution in [0.2, 0.25) is 0 Å². The minimum atomic E-state index is 0.356. The normalized spacial score (nSPS) is 45.2. The SMILES string of the molecule is CC1CCC(N)C(N(C)C2CCOC2C)C1. The summed E-state index contributed by atoms with van der Waals surface area (Å²) in [4.78, 5) is 2.50. The van der Waals surface area contributed by atoms with Crippen molar-refractivity contribution in [3.8, 4) is 0 Å². The average molecular weight is 226 g/mol. The van der Waals surface area contributed by atoms with Gasteiger partial charge in [0.2, 0.25) is 0 Å². The second kappa shape index (κ2) is 5.03. The minimum absolute atomic E-state index is 0.356. The molecule has 1 aliphatic carbocycles. The highest BCUT2D eigenvalue weighted by molar-refractivity contribution is 4.92. The van der Waals surface area contributed by atoms with Crippen LogP contribution in [0.5, 0.6) is 0 Å². The summed E-state index contributed by atoms with van der Waals surface area (Å²) in [5, 5.41) is 0. The number of ether oxygens (including phenoxy) is 1. The number of hydrogen-bond acceptors (Lipinski definition) is 3. The molecule has 0 aromatic rings. The van der Waals surface area contributed by atoms with Gasteiger partial charge in [-0.1, -0.05) is 6.92 Å². The van der Waals surface area contributed by atoms with Gasteiger partial charge in [0.1, 0.15) is 0 Å². The van der Waals surface area contributed by atoms with E-state index in [9.17, 15) is 0 Å². The summed E-state index contributed by atoms with van der Waals surface area (Å²) in [6.45, 7) is 5.45. The van der Waals surface area contributed by atoms with E-state index < -0.39 is 0 Å². The lowest BCUT2D eigenvalue weighted by atomic mass is 9.82. The molecule has 0 bridgehead atoms. The Morgan fingerprint density at radius 1 is 1.12 bits per heavy atom. The Morgan fingerprint density at radius 2 is 1.88 bits per heavy atom. The molecule has 0 radical (unpaired) electrons. The Labute approximate surface area is 99.3 Å². The van der Waals surface area contributed by atoms with E-state index in [4.69, 9.17) is 10.5 Å². The first-order valence-corrected chi connectivity index (χ1v) is 6.68. The van der Waals surface area contributed by atoms with Gasteiger partial charge >= 0.3 is 0 Å². The van der Waals surface area contributed by atoms with Crippen LogP contribution in [0, 0.1) is 5.92 Å². The van der Waals surface area contributed by atoms with Crippen LogP contribution in [0.25, 0.3) is 0 Å². The molecule has 1 saturated heterocycles. The zero-order chi connectivity index (χ0) is 11.7. The lowest BCUT2D eigenvalue weighted by molar-refractivity contribution is 0.0459. The average Bonchev–Trinajstić information content (AvgIpc) is 2.67. The van der Waals surface area contributed by atoms with Gasteiger partial charge in [-0.25, -0.2) is 0 Å². The highest BCUT2D eigenvalue weighted by Crippen LogP contribution is 2.30. The van der Waals surface area contributed by atoms with Crippen molar-refractivity contribution in [3.05, 3.63) is 0 Å². The smallest absolute Gasteiger partial charge is 0.0703 e. The standard InChI is InChI=1S/C13H26N2O/c1-9-4-5-11(14)13(8-9)15(3)12-6-7-16-10(12)2/h9-13H,4-8,14H2,1-3H3. The third-order valence-electron chi connectivity index (χ3n) is 4.51. The molecule has 3 nitrogen and oxygen atoms in total. The van der Waals surface area contributed by atoms with Crippen LogP contribution < -0.4 is 5.73 Å². The van der Waals surface area contributed by atoms with Crippen molar-refractivity contribution in [2.75, 3.05) is 13.7 Å². The fraction of sp³-hybridized carbons (Fsp3) is 1.00. The Kier molecular flexibility index (Phi) is 3.88. The first-order chi connectivity index (χ1) is 7.59. The predicted molar refractivity (Wildman–Crippen MR) is 66.4 cm³/mol. The van der Waals surface area contributed by atoms with Crippen molar-refractivity contribution >= 4 is 0 Å². The van der Waals surface area contributed by atoms with Gasteiger partial charge in [0, 0.05) is 24.7 Å². The summed E-state index contributed by atoms with van der Waals surface area (Å²) in [5.41, 5.74) is 6.27. The zero-order valence-corrected chi connectivity index (χ0v) is 10.9. The third kappa shape index (κ3) is 2.41. The van der Waals surface area contributed by atoms with Crippen molar-refractivity contribution in [2.45, 2.75) is 63.8 Å². The summed E-state index contributed by atoms with van der Waals surface area (Å²) in [5.74, 6) is 0.824. The molecule has 2 rings (SSSR count). The maximum absolute atomic E-state index is 6.27. The molecular weight excluding hydrogens is 200 g/mol. The molecule has 1 saturated carbocycles. The number of likely N-dealkylation sites (N-methyl/N-ethyl adjacent to an activating group) is 1. The van der Waals surface area contributed by atoms with E-state index in [0.717, 1.165) is 18.9 Å². The molecule has 0 aromatic carbocycles. The molecular formula is C13H26N2O. The first-order valence-electron chi connectivity index (χ1n) is 6.68. The highest BCUT2D eigenvalue weighted by Gasteiger charge is 2.36. The molecule has 2 aliphatic rings. The number of rotatable bonds is 2. The monoisotopic (exact) mass is 226 g/mol. The zero-order valence-electron chi connectivity index (χ0n) is 10.9. The van der Waals surface area contributed by atoms with E-state index >= 15 is 0 Å². The molecule has 2 fully saturated rings. The lowest BCUT2D eigenvalue weighted by Crippen LogP contribution is -2.54. The van der Waals surface area contributed by atoms with Crippen LogP contribution in [-0.4, -0.2) is 42.8 Å². The fourth-order valence-corrected chi connectivity index (χ4v) is 3.34. The summed E-state index contributed by atoms with van der Waals surface area (Å²) in [7, 11) is 2.23. The molecule has 94 valence electrons. The summed E-state index contributed by atoms with van der Waals surface area (Å²) >= 11 is 0. The van der Waals surface area contributed by atoms with Gasteiger partial charge in [-0.2, -0.15) is 0 Å². The first kappa shape index (κ1) is 12.3. The van der Waals surface area contributed by atoms with Gasteiger partial charge < -0.3 is 10.5 Å². The van der Waals surface area contributed by atoms with Gasteiger partial charge in [0.05, 0.1) is 6.10 Å². The molecule has 5 atom stereocenters. The van der Waals surface area contributed by atoms with E-state index in [-0.39, 0.29) is 0 Å². The Bertz CT molecular complexity index is 234.